The molecule has 0 spiro atoms. The number of hydrogen-bond acceptors (Lipinski definition) is 3. The van der Waals surface area contributed by atoms with E-state index < -0.39 is 0 Å². The van der Waals surface area contributed by atoms with Crippen LogP contribution < -0.4 is 10.5 Å². The number of nitrogens with zero attached hydrogens (tertiary/aromatic N) is 1. The summed E-state index contributed by atoms with van der Waals surface area (Å²) in [5.74, 6) is 0.658. The Morgan fingerprint density at radius 1 is 1.58 bits per heavy atom. The van der Waals surface area contributed by atoms with E-state index in [1.165, 1.54) is 0 Å². The number of methoxy groups -OCH3 is 1. The minimum Gasteiger partial charge on any atom is -0.481 e. The Balaban J connectivity index is 2.90. The lowest BCUT2D eigenvalue weighted by Gasteiger charge is -2.03. The molecule has 0 aliphatic rings. The van der Waals surface area contributed by atoms with E-state index in [0.29, 0.717) is 12.4 Å². The average molecular weight is 278 g/mol. The molecule has 1 heterocycles. The smallest absolute Gasteiger partial charge is 0.214 e. The lowest BCUT2D eigenvalue weighted by atomic mass is 10.3. The first kappa shape index (κ1) is 9.73. The van der Waals surface area contributed by atoms with Gasteiger partial charge in [-0.3, -0.25) is 0 Å². The maximum atomic E-state index is 5.42. The molecular weight excluding hydrogens is 267 g/mol. The summed E-state index contributed by atoms with van der Waals surface area (Å²) < 4.78 is 6.15. The SMILES string of the molecule is COc1cc(I)cc(CCN)n1. The van der Waals surface area contributed by atoms with Crippen LogP contribution in [0, 0.1) is 3.57 Å². The Morgan fingerprint density at radius 3 is 2.92 bits per heavy atom. The molecule has 0 aliphatic heterocycles. The Bertz CT molecular complexity index is 265. The van der Waals surface area contributed by atoms with Gasteiger partial charge in [0.2, 0.25) is 5.88 Å². The largest absolute Gasteiger partial charge is 0.481 e. The molecule has 0 atom stereocenters. The molecule has 1 aromatic rings. The van der Waals surface area contributed by atoms with E-state index in [4.69, 9.17) is 10.5 Å². The molecule has 0 radical (unpaired) electrons. The first-order valence-electron chi connectivity index (χ1n) is 3.67. The van der Waals surface area contributed by atoms with Gasteiger partial charge in [0, 0.05) is 21.8 Å². The predicted molar refractivity (Wildman–Crippen MR) is 56.3 cm³/mol. The van der Waals surface area contributed by atoms with Crippen molar-refractivity contribution in [3.05, 3.63) is 21.4 Å². The van der Waals surface area contributed by atoms with Crippen molar-refractivity contribution < 1.29 is 4.74 Å². The number of rotatable bonds is 3. The third kappa shape index (κ3) is 2.60. The van der Waals surface area contributed by atoms with Gasteiger partial charge < -0.3 is 10.5 Å². The number of aromatic nitrogens is 1. The molecule has 4 heteroatoms. The van der Waals surface area contributed by atoms with Crippen molar-refractivity contribution in [1.82, 2.24) is 4.98 Å². The molecule has 12 heavy (non-hydrogen) atoms. The van der Waals surface area contributed by atoms with E-state index in [1.54, 1.807) is 7.11 Å². The summed E-state index contributed by atoms with van der Waals surface area (Å²) in [4.78, 5) is 4.23. The average Bonchev–Trinajstić information content (AvgIpc) is 2.04. The van der Waals surface area contributed by atoms with Crippen molar-refractivity contribution in [3.63, 3.8) is 0 Å². The topological polar surface area (TPSA) is 48.1 Å². The molecule has 0 bridgehead atoms. The zero-order valence-corrected chi connectivity index (χ0v) is 9.04. The highest BCUT2D eigenvalue weighted by molar-refractivity contribution is 14.1. The molecule has 0 saturated heterocycles. The van der Waals surface area contributed by atoms with Crippen LogP contribution in [0.4, 0.5) is 0 Å². The van der Waals surface area contributed by atoms with Crippen LogP contribution in [0.15, 0.2) is 12.1 Å². The maximum absolute atomic E-state index is 5.42. The summed E-state index contributed by atoms with van der Waals surface area (Å²) in [6, 6.07) is 3.90. The Hall–Kier alpha value is -0.360. The first-order valence-corrected chi connectivity index (χ1v) is 4.74. The lowest BCUT2D eigenvalue weighted by molar-refractivity contribution is 0.396. The molecular formula is C8H11IN2O. The van der Waals surface area contributed by atoms with E-state index in [9.17, 15) is 0 Å². The fourth-order valence-electron chi connectivity index (χ4n) is 0.905. The zero-order valence-electron chi connectivity index (χ0n) is 6.88. The second-order valence-electron chi connectivity index (χ2n) is 2.36. The third-order valence-corrected chi connectivity index (χ3v) is 2.05. The zero-order chi connectivity index (χ0) is 8.97. The van der Waals surface area contributed by atoms with Crippen LogP contribution in [0.1, 0.15) is 5.69 Å². The monoisotopic (exact) mass is 278 g/mol. The molecule has 0 aliphatic carbocycles. The predicted octanol–water partition coefficient (Wildman–Crippen LogP) is 1.20. The van der Waals surface area contributed by atoms with Crippen LogP contribution in [0.3, 0.4) is 0 Å². The van der Waals surface area contributed by atoms with Gasteiger partial charge in [0.15, 0.2) is 0 Å². The van der Waals surface area contributed by atoms with Crippen LogP contribution in [-0.2, 0) is 6.42 Å². The number of halogens is 1. The van der Waals surface area contributed by atoms with Gasteiger partial charge in [0.1, 0.15) is 0 Å². The fourth-order valence-corrected chi connectivity index (χ4v) is 1.53. The van der Waals surface area contributed by atoms with Crippen molar-refractivity contribution in [2.24, 2.45) is 5.73 Å². The molecule has 0 fully saturated rings. The summed E-state index contributed by atoms with van der Waals surface area (Å²) in [5, 5.41) is 0. The van der Waals surface area contributed by atoms with Gasteiger partial charge in [0.05, 0.1) is 7.11 Å². The standard InChI is InChI=1S/C8H11IN2O/c1-12-8-5-6(9)4-7(11-8)2-3-10/h4-5H,2-3,10H2,1H3. The summed E-state index contributed by atoms with van der Waals surface area (Å²) in [6.45, 7) is 0.621. The van der Waals surface area contributed by atoms with Gasteiger partial charge >= 0.3 is 0 Å². The molecule has 2 N–H and O–H groups in total. The molecule has 3 nitrogen and oxygen atoms in total. The molecule has 0 saturated carbocycles. The van der Waals surface area contributed by atoms with Crippen molar-refractivity contribution in [2.45, 2.75) is 6.42 Å². The fraction of sp³-hybridized carbons (Fsp3) is 0.375. The molecule has 0 amide bonds. The quantitative estimate of drug-likeness (QED) is 0.845. The van der Waals surface area contributed by atoms with Crippen LogP contribution in [-0.4, -0.2) is 18.6 Å². The van der Waals surface area contributed by atoms with E-state index >= 15 is 0 Å². The lowest BCUT2D eigenvalue weighted by Crippen LogP contribution is -2.05. The molecule has 66 valence electrons. The minimum atomic E-state index is 0.621. The normalized spacial score (nSPS) is 9.92. The van der Waals surface area contributed by atoms with E-state index in [0.717, 1.165) is 15.7 Å². The summed E-state index contributed by atoms with van der Waals surface area (Å²) >= 11 is 2.23. The van der Waals surface area contributed by atoms with Crippen molar-refractivity contribution >= 4 is 22.6 Å². The Kier molecular flexibility index (Phi) is 3.74. The Morgan fingerprint density at radius 2 is 2.33 bits per heavy atom. The highest BCUT2D eigenvalue weighted by Crippen LogP contribution is 2.14. The van der Waals surface area contributed by atoms with Crippen molar-refractivity contribution in [3.8, 4) is 5.88 Å². The Labute approximate surface area is 85.5 Å². The van der Waals surface area contributed by atoms with E-state index in [2.05, 4.69) is 27.6 Å². The number of nitrogens with two attached hydrogens (primary N) is 1. The van der Waals surface area contributed by atoms with Gasteiger partial charge in [0.25, 0.3) is 0 Å². The van der Waals surface area contributed by atoms with E-state index in [-0.39, 0.29) is 0 Å². The highest BCUT2D eigenvalue weighted by atomic mass is 127. The summed E-state index contributed by atoms with van der Waals surface area (Å²) in [7, 11) is 1.62. The number of pyridine rings is 1. The summed E-state index contributed by atoms with van der Waals surface area (Å²) in [5.41, 5.74) is 6.41. The molecule has 0 unspecified atom stereocenters. The van der Waals surface area contributed by atoms with Crippen LogP contribution in [0.2, 0.25) is 0 Å². The second kappa shape index (κ2) is 4.61. The molecule has 1 rings (SSSR count). The third-order valence-electron chi connectivity index (χ3n) is 1.43. The first-order chi connectivity index (χ1) is 5.76. The van der Waals surface area contributed by atoms with Crippen LogP contribution in [0.5, 0.6) is 5.88 Å². The maximum Gasteiger partial charge on any atom is 0.214 e. The van der Waals surface area contributed by atoms with Crippen LogP contribution in [0.25, 0.3) is 0 Å². The van der Waals surface area contributed by atoms with Gasteiger partial charge in [-0.2, -0.15) is 0 Å². The van der Waals surface area contributed by atoms with Gasteiger partial charge in [-0.05, 0) is 35.2 Å². The number of ether oxygens (including phenoxy) is 1. The molecule has 0 aromatic carbocycles. The van der Waals surface area contributed by atoms with Crippen molar-refractivity contribution in [1.29, 1.82) is 0 Å². The van der Waals surface area contributed by atoms with E-state index in [1.807, 2.05) is 12.1 Å². The summed E-state index contributed by atoms with van der Waals surface area (Å²) in [6.07, 6.45) is 0.799. The van der Waals surface area contributed by atoms with Crippen molar-refractivity contribution in [2.75, 3.05) is 13.7 Å². The second-order valence-corrected chi connectivity index (χ2v) is 3.60. The molecule has 1 aromatic heterocycles. The highest BCUT2D eigenvalue weighted by Gasteiger charge is 1.99. The van der Waals surface area contributed by atoms with Crippen LogP contribution >= 0.6 is 22.6 Å². The van der Waals surface area contributed by atoms with Gasteiger partial charge in [-0.1, -0.05) is 0 Å². The number of hydrogen-bond donors (Lipinski definition) is 1. The van der Waals surface area contributed by atoms with Gasteiger partial charge in [-0.25, -0.2) is 4.98 Å². The minimum absolute atomic E-state index is 0.621. The van der Waals surface area contributed by atoms with Gasteiger partial charge in [-0.15, -0.1) is 0 Å².